The van der Waals surface area contributed by atoms with Crippen LogP contribution in [-0.2, 0) is 0 Å². The molecule has 0 radical (unpaired) electrons. The first-order chi connectivity index (χ1) is 16.2. The monoisotopic (exact) mass is 522 g/mol. The van der Waals surface area contributed by atoms with Crippen LogP contribution in [0.5, 0.6) is 0 Å². The van der Waals surface area contributed by atoms with Crippen LogP contribution in [-0.4, -0.2) is 0 Å². The second-order valence-corrected chi connectivity index (χ2v) is 6.66. The fourth-order valence-corrected chi connectivity index (χ4v) is 3.22. The van der Waals surface area contributed by atoms with Crippen molar-refractivity contribution in [3.8, 4) is 22.6 Å². The molecule has 0 fully saturated rings. The molecule has 0 spiro atoms. The van der Waals surface area contributed by atoms with Crippen LogP contribution in [0.3, 0.4) is 0 Å². The van der Waals surface area contributed by atoms with E-state index in [1.54, 1.807) is 0 Å². The smallest absolute Gasteiger partial charge is 0.200 e. The number of hydrogen-bond donors (Lipinski definition) is 0. The van der Waals surface area contributed by atoms with E-state index in [2.05, 4.69) is 4.42 Å². The average Bonchev–Trinajstić information content (AvgIpc) is 3.21. The summed E-state index contributed by atoms with van der Waals surface area (Å²) < 4.78 is 200. The molecule has 15 heteroatoms. The second kappa shape index (κ2) is 7.88. The van der Waals surface area contributed by atoms with Crippen molar-refractivity contribution in [2.24, 2.45) is 0 Å². The highest BCUT2D eigenvalue weighted by molar-refractivity contribution is 6.03. The lowest BCUT2D eigenvalue weighted by atomic mass is 10.0. The summed E-state index contributed by atoms with van der Waals surface area (Å²) in [5.41, 5.74) is -4.52. The summed E-state index contributed by atoms with van der Waals surface area (Å²) in [5.74, 6) is -42.4. The standard InChI is InChI=1S/C20F14O/c21-5-1-2(6(22)12(28)11(5)27)20(4-9(25)15(31)18(34)16(32)10(4)26)35-19(1)3-7(23)13(29)17(33)14(30)8(3)24. The number of benzene rings is 3. The number of halogens is 14. The highest BCUT2D eigenvalue weighted by Gasteiger charge is 2.38. The molecule has 0 saturated heterocycles. The molecular formula is C20F14O. The van der Waals surface area contributed by atoms with Gasteiger partial charge in [0.1, 0.15) is 0 Å². The third-order valence-electron chi connectivity index (χ3n) is 4.80. The average molecular weight is 522 g/mol. The van der Waals surface area contributed by atoms with E-state index in [1.165, 1.54) is 0 Å². The van der Waals surface area contributed by atoms with Crippen molar-refractivity contribution in [2.75, 3.05) is 0 Å². The van der Waals surface area contributed by atoms with Gasteiger partial charge in [-0.3, -0.25) is 0 Å². The Balaban J connectivity index is 2.32. The van der Waals surface area contributed by atoms with Crippen molar-refractivity contribution in [1.29, 1.82) is 0 Å². The maximum absolute atomic E-state index is 14.5. The van der Waals surface area contributed by atoms with Crippen molar-refractivity contribution in [3.05, 3.63) is 81.4 Å². The van der Waals surface area contributed by atoms with Gasteiger partial charge in [0.05, 0.1) is 21.9 Å². The molecule has 0 N–H and O–H groups in total. The minimum Gasteiger partial charge on any atom is -0.454 e. The zero-order chi connectivity index (χ0) is 26.3. The predicted octanol–water partition coefficient (Wildman–Crippen LogP) is 7.71. The molecule has 0 saturated carbocycles. The molecule has 1 aromatic heterocycles. The predicted molar refractivity (Wildman–Crippen MR) is 86.5 cm³/mol. The zero-order valence-electron chi connectivity index (χ0n) is 15.7. The molecule has 4 aromatic rings. The van der Waals surface area contributed by atoms with Crippen LogP contribution < -0.4 is 0 Å². The lowest BCUT2D eigenvalue weighted by Crippen LogP contribution is -2.04. The van der Waals surface area contributed by atoms with E-state index < -0.39 is 115 Å². The van der Waals surface area contributed by atoms with Gasteiger partial charge >= 0.3 is 0 Å². The maximum atomic E-state index is 14.5. The van der Waals surface area contributed by atoms with Crippen LogP contribution in [0, 0.1) is 81.4 Å². The molecule has 0 unspecified atom stereocenters. The van der Waals surface area contributed by atoms with E-state index in [-0.39, 0.29) is 0 Å². The van der Waals surface area contributed by atoms with Crippen LogP contribution in [0.15, 0.2) is 4.42 Å². The molecule has 0 aliphatic heterocycles. The highest BCUT2D eigenvalue weighted by atomic mass is 19.2. The zero-order valence-corrected chi connectivity index (χ0v) is 15.7. The summed E-state index contributed by atoms with van der Waals surface area (Å²) >= 11 is 0. The normalized spacial score (nSPS) is 11.7. The van der Waals surface area contributed by atoms with E-state index in [4.69, 9.17) is 0 Å². The first-order valence-electron chi connectivity index (χ1n) is 8.55. The van der Waals surface area contributed by atoms with Gasteiger partial charge in [-0.05, 0) is 0 Å². The minimum atomic E-state index is -2.79. The summed E-state index contributed by atoms with van der Waals surface area (Å²) in [6.07, 6.45) is 0. The summed E-state index contributed by atoms with van der Waals surface area (Å²) in [6.45, 7) is 0. The Morgan fingerprint density at radius 1 is 0.257 bits per heavy atom. The number of rotatable bonds is 2. The summed E-state index contributed by atoms with van der Waals surface area (Å²) in [4.78, 5) is 0. The van der Waals surface area contributed by atoms with Gasteiger partial charge in [-0.1, -0.05) is 0 Å². The molecule has 3 aromatic carbocycles. The van der Waals surface area contributed by atoms with Gasteiger partial charge in [0.15, 0.2) is 81.3 Å². The Bertz CT molecular complexity index is 1410. The van der Waals surface area contributed by atoms with E-state index in [0.717, 1.165) is 0 Å². The van der Waals surface area contributed by atoms with E-state index in [1.807, 2.05) is 0 Å². The van der Waals surface area contributed by atoms with Crippen LogP contribution in [0.25, 0.3) is 33.4 Å². The molecule has 0 atom stereocenters. The molecule has 1 nitrogen and oxygen atoms in total. The Morgan fingerprint density at radius 3 is 0.714 bits per heavy atom. The number of hydrogen-bond acceptors (Lipinski definition) is 1. The molecule has 4 rings (SSSR count). The maximum Gasteiger partial charge on any atom is 0.200 e. The van der Waals surface area contributed by atoms with Gasteiger partial charge in [-0.15, -0.1) is 0 Å². The summed E-state index contributed by atoms with van der Waals surface area (Å²) in [7, 11) is 0. The molecule has 0 aliphatic carbocycles. The Kier molecular flexibility index (Phi) is 5.48. The van der Waals surface area contributed by atoms with Crippen LogP contribution in [0.2, 0.25) is 0 Å². The van der Waals surface area contributed by atoms with Crippen molar-refractivity contribution < 1.29 is 65.9 Å². The molecule has 0 bridgehead atoms. The Labute approximate surface area is 181 Å². The molecule has 35 heavy (non-hydrogen) atoms. The van der Waals surface area contributed by atoms with Gasteiger partial charge in [-0.2, -0.15) is 0 Å². The first kappa shape index (κ1) is 24.3. The van der Waals surface area contributed by atoms with Crippen molar-refractivity contribution in [1.82, 2.24) is 0 Å². The highest BCUT2D eigenvalue weighted by Crippen LogP contribution is 2.47. The van der Waals surface area contributed by atoms with E-state index in [0.29, 0.717) is 0 Å². The Morgan fingerprint density at radius 2 is 0.457 bits per heavy atom. The quantitative estimate of drug-likeness (QED) is 0.149. The van der Waals surface area contributed by atoms with Crippen LogP contribution in [0.1, 0.15) is 0 Å². The van der Waals surface area contributed by atoms with E-state index in [9.17, 15) is 61.5 Å². The molecule has 0 amide bonds. The molecular weight excluding hydrogens is 522 g/mol. The van der Waals surface area contributed by atoms with Crippen LogP contribution >= 0.6 is 0 Å². The number of fused-ring (bicyclic) bond motifs is 1. The molecule has 184 valence electrons. The minimum absolute atomic E-state index is 1.98. The van der Waals surface area contributed by atoms with Crippen LogP contribution in [0.4, 0.5) is 61.5 Å². The largest absolute Gasteiger partial charge is 0.454 e. The molecule has 0 aliphatic rings. The fraction of sp³-hybridized carbons (Fsp3) is 0. The lowest BCUT2D eigenvalue weighted by molar-refractivity contribution is 0.376. The second-order valence-electron chi connectivity index (χ2n) is 6.66. The summed E-state index contributed by atoms with van der Waals surface area (Å²) in [6, 6.07) is 0. The van der Waals surface area contributed by atoms with Gasteiger partial charge in [0.25, 0.3) is 0 Å². The van der Waals surface area contributed by atoms with Gasteiger partial charge in [0.2, 0.25) is 11.6 Å². The third-order valence-corrected chi connectivity index (χ3v) is 4.80. The van der Waals surface area contributed by atoms with Gasteiger partial charge in [-0.25, -0.2) is 61.5 Å². The summed E-state index contributed by atoms with van der Waals surface area (Å²) in [5, 5.41) is -3.97. The number of furan rings is 1. The lowest BCUT2D eigenvalue weighted by Gasteiger charge is -2.07. The van der Waals surface area contributed by atoms with Gasteiger partial charge < -0.3 is 4.42 Å². The Hall–Kier alpha value is -3.78. The first-order valence-corrected chi connectivity index (χ1v) is 8.55. The molecule has 1 heterocycles. The van der Waals surface area contributed by atoms with Gasteiger partial charge in [0, 0.05) is 0 Å². The van der Waals surface area contributed by atoms with Crippen molar-refractivity contribution in [2.45, 2.75) is 0 Å². The fourth-order valence-electron chi connectivity index (χ4n) is 3.22. The third kappa shape index (κ3) is 3.09. The van der Waals surface area contributed by atoms with E-state index >= 15 is 0 Å². The SMILES string of the molecule is Fc1c(F)c(F)c(-c2oc(-c3c(F)c(F)c(F)c(F)c3F)c3c(F)c(F)c(F)c(F)c23)c(F)c1F. The van der Waals surface area contributed by atoms with Crippen molar-refractivity contribution >= 4 is 10.8 Å². The topological polar surface area (TPSA) is 13.1 Å². The van der Waals surface area contributed by atoms with Crippen molar-refractivity contribution in [3.63, 3.8) is 0 Å².